The van der Waals surface area contributed by atoms with Gasteiger partial charge in [0.1, 0.15) is 0 Å². The van der Waals surface area contributed by atoms with Gasteiger partial charge >= 0.3 is 0 Å². The lowest BCUT2D eigenvalue weighted by Gasteiger charge is -2.29. The summed E-state index contributed by atoms with van der Waals surface area (Å²) in [5, 5.41) is 9.43. The molecule has 0 radical (unpaired) electrons. The highest BCUT2D eigenvalue weighted by Crippen LogP contribution is 2.38. The van der Waals surface area contributed by atoms with E-state index in [0.29, 0.717) is 0 Å². The topological polar surface area (TPSA) is 66.4 Å². The van der Waals surface area contributed by atoms with Gasteiger partial charge in [-0.2, -0.15) is 0 Å². The minimum absolute atomic E-state index is 0.00891. The molecule has 4 nitrogen and oxygen atoms in total. The number of rotatable bonds is 4. The first kappa shape index (κ1) is 13.5. The van der Waals surface area contributed by atoms with E-state index < -0.39 is 10.0 Å². The molecule has 0 aromatic heterocycles. The molecule has 0 bridgehead atoms. The third-order valence-corrected chi connectivity index (χ3v) is 5.28. The maximum absolute atomic E-state index is 12.2. The van der Waals surface area contributed by atoms with Crippen molar-refractivity contribution in [2.24, 2.45) is 5.41 Å². The minimum Gasteiger partial charge on any atom is -0.396 e. The molecule has 1 fully saturated rings. The molecule has 2 rings (SSSR count). The number of benzene rings is 1. The number of hydrogen-bond donors (Lipinski definition) is 2. The quantitative estimate of drug-likeness (QED) is 0.871. The first-order valence-electron chi connectivity index (χ1n) is 6.16. The summed E-state index contributed by atoms with van der Waals surface area (Å²) in [6.07, 6.45) is 2.58. The Hall–Kier alpha value is -0.910. The van der Waals surface area contributed by atoms with Crippen molar-refractivity contribution in [2.75, 3.05) is 6.61 Å². The molecule has 2 atom stereocenters. The molecule has 1 aliphatic carbocycles. The second-order valence-corrected chi connectivity index (χ2v) is 6.91. The Bertz CT molecular complexity index is 500. The van der Waals surface area contributed by atoms with Gasteiger partial charge in [0.05, 0.1) is 4.90 Å². The maximum atomic E-state index is 12.2. The minimum atomic E-state index is -3.49. The van der Waals surface area contributed by atoms with E-state index in [1.807, 2.05) is 6.92 Å². The molecule has 1 saturated carbocycles. The predicted octanol–water partition coefficient (Wildman–Crippen LogP) is 1.52. The van der Waals surface area contributed by atoms with Crippen LogP contribution < -0.4 is 4.72 Å². The molecule has 1 aliphatic rings. The molecule has 0 aliphatic heterocycles. The van der Waals surface area contributed by atoms with Crippen molar-refractivity contribution in [3.8, 4) is 0 Å². The molecule has 2 unspecified atom stereocenters. The first-order chi connectivity index (χ1) is 8.48. The molecule has 0 heterocycles. The number of aliphatic hydroxyl groups excluding tert-OH is 1. The van der Waals surface area contributed by atoms with E-state index in [1.54, 1.807) is 30.3 Å². The highest BCUT2D eigenvalue weighted by Gasteiger charge is 2.40. The molecular formula is C13H19NO3S. The summed E-state index contributed by atoms with van der Waals surface area (Å²) >= 11 is 0. The van der Waals surface area contributed by atoms with Gasteiger partial charge in [0.15, 0.2) is 0 Å². The van der Waals surface area contributed by atoms with Gasteiger partial charge in [0.25, 0.3) is 0 Å². The summed E-state index contributed by atoms with van der Waals surface area (Å²) in [6, 6.07) is 8.16. The predicted molar refractivity (Wildman–Crippen MR) is 69.6 cm³/mol. The van der Waals surface area contributed by atoms with Crippen molar-refractivity contribution in [1.29, 1.82) is 0 Å². The Labute approximate surface area is 108 Å². The number of sulfonamides is 1. The van der Waals surface area contributed by atoms with E-state index in [1.165, 1.54) is 0 Å². The molecule has 2 N–H and O–H groups in total. The smallest absolute Gasteiger partial charge is 0.240 e. The molecule has 18 heavy (non-hydrogen) atoms. The normalized spacial score (nSPS) is 28.4. The largest absolute Gasteiger partial charge is 0.396 e. The average Bonchev–Trinajstić information content (AvgIpc) is 2.72. The van der Waals surface area contributed by atoms with Gasteiger partial charge in [-0.1, -0.05) is 31.5 Å². The van der Waals surface area contributed by atoms with Crippen molar-refractivity contribution >= 4 is 10.0 Å². The summed E-state index contributed by atoms with van der Waals surface area (Å²) in [7, 11) is -3.49. The third kappa shape index (κ3) is 2.58. The molecule has 0 saturated heterocycles. The van der Waals surface area contributed by atoms with Gasteiger partial charge in [-0.15, -0.1) is 0 Å². The zero-order chi connectivity index (χ0) is 13.2. The molecule has 5 heteroatoms. The van der Waals surface area contributed by atoms with Crippen LogP contribution in [0.15, 0.2) is 35.2 Å². The van der Waals surface area contributed by atoms with Crippen LogP contribution in [0.5, 0.6) is 0 Å². The first-order valence-corrected chi connectivity index (χ1v) is 7.64. The summed E-state index contributed by atoms with van der Waals surface area (Å²) in [4.78, 5) is 0.275. The molecule has 0 spiro atoms. The van der Waals surface area contributed by atoms with Gasteiger partial charge in [-0.25, -0.2) is 13.1 Å². The molecular weight excluding hydrogens is 250 g/mol. The fourth-order valence-corrected chi connectivity index (χ4v) is 3.91. The van der Waals surface area contributed by atoms with E-state index in [0.717, 1.165) is 19.3 Å². The lowest BCUT2D eigenvalue weighted by molar-refractivity contribution is 0.127. The summed E-state index contributed by atoms with van der Waals surface area (Å²) in [5.74, 6) is 0. The van der Waals surface area contributed by atoms with Crippen LogP contribution in [0.3, 0.4) is 0 Å². The van der Waals surface area contributed by atoms with Crippen LogP contribution in [0.2, 0.25) is 0 Å². The van der Waals surface area contributed by atoms with Gasteiger partial charge in [0.2, 0.25) is 10.0 Å². The van der Waals surface area contributed by atoms with Crippen molar-refractivity contribution in [2.45, 2.75) is 37.1 Å². The van der Waals surface area contributed by atoms with Crippen LogP contribution in [0.4, 0.5) is 0 Å². The molecule has 1 aromatic carbocycles. The van der Waals surface area contributed by atoms with Crippen LogP contribution in [-0.4, -0.2) is 26.2 Å². The van der Waals surface area contributed by atoms with Gasteiger partial charge in [-0.05, 0) is 25.0 Å². The summed E-state index contributed by atoms with van der Waals surface area (Å²) in [5.41, 5.74) is -0.345. The van der Waals surface area contributed by atoms with E-state index in [9.17, 15) is 13.5 Å². The average molecular weight is 269 g/mol. The lowest BCUT2D eigenvalue weighted by Crippen LogP contribution is -2.44. The van der Waals surface area contributed by atoms with Crippen LogP contribution >= 0.6 is 0 Å². The van der Waals surface area contributed by atoms with Crippen LogP contribution in [0.25, 0.3) is 0 Å². The summed E-state index contributed by atoms with van der Waals surface area (Å²) < 4.78 is 27.1. The lowest BCUT2D eigenvalue weighted by atomic mass is 9.86. The fourth-order valence-electron chi connectivity index (χ4n) is 2.48. The zero-order valence-corrected chi connectivity index (χ0v) is 11.3. The second-order valence-electron chi connectivity index (χ2n) is 5.19. The van der Waals surface area contributed by atoms with Crippen molar-refractivity contribution < 1.29 is 13.5 Å². The zero-order valence-electron chi connectivity index (χ0n) is 10.5. The van der Waals surface area contributed by atoms with E-state index in [4.69, 9.17) is 0 Å². The van der Waals surface area contributed by atoms with E-state index in [-0.39, 0.29) is 23.0 Å². The van der Waals surface area contributed by atoms with Crippen LogP contribution in [0.1, 0.15) is 26.2 Å². The van der Waals surface area contributed by atoms with E-state index >= 15 is 0 Å². The Morgan fingerprint density at radius 3 is 2.67 bits per heavy atom. The second kappa shape index (κ2) is 4.99. The SMILES string of the molecule is CC1(CO)CCCC1NS(=O)(=O)c1ccccc1. The number of nitrogens with one attached hydrogen (secondary N) is 1. The van der Waals surface area contributed by atoms with Gasteiger partial charge in [-0.3, -0.25) is 0 Å². The van der Waals surface area contributed by atoms with Gasteiger partial charge in [0, 0.05) is 18.1 Å². The van der Waals surface area contributed by atoms with Crippen LogP contribution in [0, 0.1) is 5.41 Å². The maximum Gasteiger partial charge on any atom is 0.240 e. The van der Waals surface area contributed by atoms with Crippen molar-refractivity contribution in [1.82, 2.24) is 4.72 Å². The van der Waals surface area contributed by atoms with Crippen molar-refractivity contribution in [3.05, 3.63) is 30.3 Å². The number of aliphatic hydroxyl groups is 1. The van der Waals surface area contributed by atoms with E-state index in [2.05, 4.69) is 4.72 Å². The third-order valence-electron chi connectivity index (χ3n) is 3.79. The van der Waals surface area contributed by atoms with Crippen LogP contribution in [-0.2, 0) is 10.0 Å². The Morgan fingerprint density at radius 2 is 2.06 bits per heavy atom. The monoisotopic (exact) mass is 269 g/mol. The summed E-state index contributed by atoms with van der Waals surface area (Å²) in [6.45, 7) is 1.94. The molecule has 0 amide bonds. The fraction of sp³-hybridized carbons (Fsp3) is 0.538. The molecule has 1 aromatic rings. The Morgan fingerprint density at radius 1 is 1.39 bits per heavy atom. The van der Waals surface area contributed by atoms with Crippen molar-refractivity contribution in [3.63, 3.8) is 0 Å². The van der Waals surface area contributed by atoms with Gasteiger partial charge < -0.3 is 5.11 Å². The molecule has 100 valence electrons. The highest BCUT2D eigenvalue weighted by molar-refractivity contribution is 7.89. The highest BCUT2D eigenvalue weighted by atomic mass is 32.2. The number of hydrogen-bond acceptors (Lipinski definition) is 3. The Balaban J connectivity index is 2.19. The standard InChI is InChI=1S/C13H19NO3S/c1-13(10-15)9-5-8-12(13)14-18(16,17)11-6-3-2-4-7-11/h2-4,6-7,12,14-15H,5,8-10H2,1H3. The Kier molecular flexibility index (Phi) is 3.75.